The molecule has 2 N–H and O–H groups in total. The fourth-order valence-electron chi connectivity index (χ4n) is 4.49. The molecule has 0 unspecified atom stereocenters. The summed E-state index contributed by atoms with van der Waals surface area (Å²) in [4.78, 5) is 7.41. The number of fused-ring (bicyclic) bond motifs is 3. The van der Waals surface area contributed by atoms with E-state index >= 15 is 0 Å². The molecule has 4 aromatic rings. The van der Waals surface area contributed by atoms with Crippen LogP contribution < -0.4 is 5.32 Å². The molecule has 1 aromatic carbocycles. The summed E-state index contributed by atoms with van der Waals surface area (Å²) >= 11 is 0. The van der Waals surface area contributed by atoms with Gasteiger partial charge in [-0.1, -0.05) is 5.21 Å². The molecule has 0 atom stereocenters. The van der Waals surface area contributed by atoms with Gasteiger partial charge in [0.25, 0.3) is 0 Å². The summed E-state index contributed by atoms with van der Waals surface area (Å²) in [7, 11) is 0. The van der Waals surface area contributed by atoms with Gasteiger partial charge in [-0.2, -0.15) is 13.2 Å². The van der Waals surface area contributed by atoms with Crippen LogP contribution in [0, 0.1) is 11.7 Å². The Morgan fingerprint density at radius 2 is 1.94 bits per heavy atom. The molecule has 1 saturated carbocycles. The first-order chi connectivity index (χ1) is 14.9. The molecule has 0 spiro atoms. The van der Waals surface area contributed by atoms with Gasteiger partial charge in [0.15, 0.2) is 0 Å². The maximum Gasteiger partial charge on any atom is 0.418 e. The molecule has 162 valence electrons. The Hall–Kier alpha value is -3.17. The van der Waals surface area contributed by atoms with Crippen LogP contribution in [0.15, 0.2) is 36.8 Å². The summed E-state index contributed by atoms with van der Waals surface area (Å²) in [6, 6.07) is 4.69. The lowest BCUT2D eigenvalue weighted by atomic mass is 9.80. The van der Waals surface area contributed by atoms with Crippen LogP contribution in [-0.2, 0) is 6.18 Å². The zero-order valence-electron chi connectivity index (χ0n) is 16.5. The Kier molecular flexibility index (Phi) is 4.79. The third-order valence-corrected chi connectivity index (χ3v) is 6.10. The van der Waals surface area contributed by atoms with Gasteiger partial charge in [0, 0.05) is 29.7 Å². The molecule has 1 fully saturated rings. The molecular weight excluding hydrogens is 412 g/mol. The van der Waals surface area contributed by atoms with E-state index in [2.05, 4.69) is 25.6 Å². The van der Waals surface area contributed by atoms with Crippen LogP contribution in [0.1, 0.15) is 42.9 Å². The molecule has 3 aromatic heterocycles. The van der Waals surface area contributed by atoms with Gasteiger partial charge in [-0.15, -0.1) is 5.10 Å². The molecule has 0 bridgehead atoms. The fraction of sp³-hybridized carbons (Fsp3) is 0.381. The molecule has 0 radical (unpaired) electrons. The van der Waals surface area contributed by atoms with E-state index in [1.54, 1.807) is 10.8 Å². The highest BCUT2D eigenvalue weighted by atomic mass is 19.4. The normalized spacial score (nSPS) is 19.9. The van der Waals surface area contributed by atoms with Crippen molar-refractivity contribution >= 4 is 22.2 Å². The Bertz CT molecular complexity index is 1220. The van der Waals surface area contributed by atoms with Crippen molar-refractivity contribution in [2.75, 3.05) is 11.9 Å². The summed E-state index contributed by atoms with van der Waals surface area (Å²) in [6.45, 7) is 0.412. The van der Waals surface area contributed by atoms with Crippen LogP contribution in [0.2, 0.25) is 0 Å². The number of benzene rings is 1. The van der Waals surface area contributed by atoms with E-state index < -0.39 is 17.6 Å². The van der Waals surface area contributed by atoms with Crippen molar-refractivity contribution in [2.24, 2.45) is 5.92 Å². The number of rotatable bonds is 4. The third-order valence-electron chi connectivity index (χ3n) is 6.10. The predicted octanol–water partition coefficient (Wildman–Crippen LogP) is 5.15. The monoisotopic (exact) mass is 432 g/mol. The fourth-order valence-corrected chi connectivity index (χ4v) is 4.49. The van der Waals surface area contributed by atoms with Gasteiger partial charge in [-0.25, -0.2) is 13.9 Å². The number of halogens is 4. The second kappa shape index (κ2) is 7.51. The van der Waals surface area contributed by atoms with Crippen molar-refractivity contribution in [1.82, 2.24) is 24.8 Å². The maximum atomic E-state index is 13.3. The first-order valence-electron chi connectivity index (χ1n) is 10.2. The summed E-state index contributed by atoms with van der Waals surface area (Å²) in [5.74, 6) is -0.421. The van der Waals surface area contributed by atoms with Gasteiger partial charge in [0.2, 0.25) is 0 Å². The minimum atomic E-state index is -4.60. The number of anilines is 1. The van der Waals surface area contributed by atoms with Gasteiger partial charge < -0.3 is 10.3 Å². The number of nitrogens with one attached hydrogen (secondary N) is 2. The highest BCUT2D eigenvalue weighted by molar-refractivity contribution is 5.92. The topological polar surface area (TPSA) is 70.9 Å². The standard InChI is InChI=1S/C21H20F4N6/c22-14-5-6-17(16(9-14)21(23,24)25)27-10-12-1-3-13(4-2-12)18-19-15-7-8-26-20(15)28-11-31(19)30-29-18/h5-9,11-13,26-27H,1-4,10H2. The summed E-state index contributed by atoms with van der Waals surface area (Å²) < 4.78 is 54.5. The molecule has 6 nitrogen and oxygen atoms in total. The van der Waals surface area contributed by atoms with E-state index in [1.807, 2.05) is 12.3 Å². The van der Waals surface area contributed by atoms with Crippen molar-refractivity contribution in [3.8, 4) is 0 Å². The quantitative estimate of drug-likeness (QED) is 0.438. The number of alkyl halides is 3. The SMILES string of the molecule is Fc1ccc(NCC2CCC(c3nnn4cnc5[nH]ccc5c34)CC2)c(C(F)(F)F)c1. The highest BCUT2D eigenvalue weighted by Crippen LogP contribution is 2.39. The van der Waals surface area contributed by atoms with Crippen molar-refractivity contribution < 1.29 is 17.6 Å². The van der Waals surface area contributed by atoms with Gasteiger partial charge in [-0.05, 0) is 55.9 Å². The first kappa shape index (κ1) is 19.8. The summed E-state index contributed by atoms with van der Waals surface area (Å²) in [6.07, 6.45) is 2.36. The summed E-state index contributed by atoms with van der Waals surface area (Å²) in [5.41, 5.74) is 1.63. The number of aromatic amines is 1. The molecule has 3 heterocycles. The molecule has 1 aliphatic rings. The molecule has 1 aliphatic carbocycles. The molecule has 10 heteroatoms. The average Bonchev–Trinajstić information content (AvgIpc) is 3.39. The van der Waals surface area contributed by atoms with E-state index in [0.717, 1.165) is 60.1 Å². The van der Waals surface area contributed by atoms with Crippen LogP contribution in [-0.4, -0.2) is 31.3 Å². The van der Waals surface area contributed by atoms with Crippen LogP contribution in [0.25, 0.3) is 16.6 Å². The Morgan fingerprint density at radius 1 is 1.13 bits per heavy atom. The summed E-state index contributed by atoms with van der Waals surface area (Å²) in [5, 5.41) is 12.5. The molecule has 0 saturated heterocycles. The molecule has 0 aliphatic heterocycles. The van der Waals surface area contributed by atoms with Crippen LogP contribution >= 0.6 is 0 Å². The molecule has 5 rings (SSSR count). The minimum absolute atomic E-state index is 0.0809. The maximum absolute atomic E-state index is 13.3. The van der Waals surface area contributed by atoms with Gasteiger partial charge in [-0.3, -0.25) is 0 Å². The van der Waals surface area contributed by atoms with Crippen molar-refractivity contribution in [1.29, 1.82) is 0 Å². The Balaban J connectivity index is 1.27. The van der Waals surface area contributed by atoms with E-state index in [1.165, 1.54) is 0 Å². The Labute approximate surface area is 174 Å². The van der Waals surface area contributed by atoms with Crippen molar-refractivity contribution in [2.45, 2.75) is 37.8 Å². The second-order valence-electron chi connectivity index (χ2n) is 8.04. The number of hydrogen-bond acceptors (Lipinski definition) is 4. The zero-order valence-corrected chi connectivity index (χ0v) is 16.5. The van der Waals surface area contributed by atoms with Crippen LogP contribution in [0.5, 0.6) is 0 Å². The molecular formula is C21H20F4N6. The number of aromatic nitrogens is 5. The second-order valence-corrected chi connectivity index (χ2v) is 8.04. The van der Waals surface area contributed by atoms with Gasteiger partial charge >= 0.3 is 6.18 Å². The lowest BCUT2D eigenvalue weighted by Crippen LogP contribution is -2.22. The van der Waals surface area contributed by atoms with Gasteiger partial charge in [0.05, 0.1) is 11.3 Å². The number of H-pyrrole nitrogens is 1. The number of hydrogen-bond donors (Lipinski definition) is 2. The van der Waals surface area contributed by atoms with Crippen molar-refractivity contribution in [3.63, 3.8) is 0 Å². The molecule has 31 heavy (non-hydrogen) atoms. The first-order valence-corrected chi connectivity index (χ1v) is 10.2. The predicted molar refractivity (Wildman–Crippen MR) is 107 cm³/mol. The zero-order chi connectivity index (χ0) is 21.6. The third kappa shape index (κ3) is 3.70. The molecule has 0 amide bonds. The largest absolute Gasteiger partial charge is 0.418 e. The smallest absolute Gasteiger partial charge is 0.384 e. The minimum Gasteiger partial charge on any atom is -0.384 e. The van der Waals surface area contributed by atoms with Crippen LogP contribution in [0.3, 0.4) is 0 Å². The van der Waals surface area contributed by atoms with E-state index in [-0.39, 0.29) is 17.5 Å². The average molecular weight is 432 g/mol. The van der Waals surface area contributed by atoms with Crippen molar-refractivity contribution in [3.05, 3.63) is 53.9 Å². The lowest BCUT2D eigenvalue weighted by molar-refractivity contribution is -0.137. The van der Waals surface area contributed by atoms with E-state index in [0.29, 0.717) is 12.6 Å². The number of nitrogens with zero attached hydrogens (tertiary/aromatic N) is 4. The van der Waals surface area contributed by atoms with Crippen LogP contribution in [0.4, 0.5) is 23.2 Å². The van der Waals surface area contributed by atoms with E-state index in [4.69, 9.17) is 0 Å². The highest BCUT2D eigenvalue weighted by Gasteiger charge is 2.34. The lowest BCUT2D eigenvalue weighted by Gasteiger charge is -2.28. The Morgan fingerprint density at radius 3 is 2.71 bits per heavy atom. The van der Waals surface area contributed by atoms with E-state index in [9.17, 15) is 17.6 Å². The van der Waals surface area contributed by atoms with Gasteiger partial charge in [0.1, 0.15) is 23.3 Å².